The van der Waals surface area contributed by atoms with Gasteiger partial charge in [-0.15, -0.1) is 0 Å². The maximum absolute atomic E-state index is 14.2. The van der Waals surface area contributed by atoms with E-state index < -0.39 is 24.7 Å². The van der Waals surface area contributed by atoms with Crippen LogP contribution in [0.5, 0.6) is 0 Å². The smallest absolute Gasteiger partial charge is 0.462 e. The molecule has 4 aromatic rings. The highest BCUT2D eigenvalue weighted by Crippen LogP contribution is 2.46. The Hall–Kier alpha value is -3.69. The molecular formula is C27H24BF2NO5. The van der Waals surface area contributed by atoms with Crippen LogP contribution in [0.3, 0.4) is 0 Å². The summed E-state index contributed by atoms with van der Waals surface area (Å²) in [5.74, 6) is -0.980. The third kappa shape index (κ3) is 4.72. The molecule has 3 N–H and O–H groups in total. The Morgan fingerprint density at radius 2 is 1.86 bits per heavy atom. The molecule has 1 aromatic heterocycles. The molecular weight excluding hydrogens is 467 g/mol. The van der Waals surface area contributed by atoms with E-state index in [1.165, 1.54) is 24.3 Å². The zero-order valence-electron chi connectivity index (χ0n) is 19.6. The molecule has 3 aromatic carbocycles. The predicted octanol–water partition coefficient (Wildman–Crippen LogP) is 4.72. The summed E-state index contributed by atoms with van der Waals surface area (Å²) in [6.45, 7) is 2.22. The molecule has 0 atom stereocenters. The molecule has 0 radical (unpaired) electrons. The van der Waals surface area contributed by atoms with Crippen LogP contribution >= 0.6 is 0 Å². The average molecular weight is 491 g/mol. The highest BCUT2D eigenvalue weighted by molar-refractivity contribution is 6.58. The molecule has 0 aliphatic heterocycles. The van der Waals surface area contributed by atoms with Gasteiger partial charge in [0, 0.05) is 34.7 Å². The SMILES string of the molecule is CCOC(=O)c1c(-c2ccc(F)cc2)oc2cc(NCc3ccc(B(O)O)c(F)c3)c(C3CC3)cc12. The molecule has 1 aliphatic rings. The number of carbonyl (C=O) groups is 1. The Morgan fingerprint density at radius 3 is 2.50 bits per heavy atom. The number of fused-ring (bicyclic) bond motifs is 1. The number of nitrogens with one attached hydrogen (secondary N) is 1. The number of rotatable bonds is 8. The van der Waals surface area contributed by atoms with Gasteiger partial charge >= 0.3 is 13.1 Å². The van der Waals surface area contributed by atoms with Crippen molar-refractivity contribution >= 4 is 35.2 Å². The van der Waals surface area contributed by atoms with Gasteiger partial charge in [-0.05, 0) is 73.2 Å². The molecule has 0 amide bonds. The summed E-state index contributed by atoms with van der Waals surface area (Å²) >= 11 is 0. The van der Waals surface area contributed by atoms with Crippen LogP contribution in [0, 0.1) is 11.6 Å². The summed E-state index contributed by atoms with van der Waals surface area (Å²) in [5, 5.41) is 22.4. The Bertz CT molecular complexity index is 1430. The molecule has 184 valence electrons. The molecule has 1 saturated carbocycles. The van der Waals surface area contributed by atoms with Crippen molar-refractivity contribution in [3.63, 3.8) is 0 Å². The van der Waals surface area contributed by atoms with Crippen molar-refractivity contribution < 1.29 is 32.8 Å². The molecule has 0 unspecified atom stereocenters. The second-order valence-electron chi connectivity index (χ2n) is 8.83. The largest absolute Gasteiger partial charge is 0.491 e. The second-order valence-corrected chi connectivity index (χ2v) is 8.83. The fourth-order valence-electron chi connectivity index (χ4n) is 4.34. The lowest BCUT2D eigenvalue weighted by Crippen LogP contribution is -2.32. The standard InChI is InChI=1S/C27H24BF2NO5/c1-2-35-27(32)25-20-12-19(16-4-5-16)23(31-14-15-3-10-21(28(33)34)22(30)11-15)13-24(20)36-26(25)17-6-8-18(29)9-7-17/h3,6-13,16,31,33-34H,2,4-5,14H2,1H3. The number of halogens is 2. The van der Waals surface area contributed by atoms with Gasteiger partial charge < -0.3 is 24.5 Å². The number of ether oxygens (including phenoxy) is 1. The molecule has 1 fully saturated rings. The van der Waals surface area contributed by atoms with Crippen LogP contribution in [0.2, 0.25) is 0 Å². The summed E-state index contributed by atoms with van der Waals surface area (Å²) in [6, 6.07) is 13.7. The number of furan rings is 1. The molecule has 1 heterocycles. The molecule has 9 heteroatoms. The minimum absolute atomic E-state index is 0.186. The number of hydrogen-bond donors (Lipinski definition) is 3. The fourth-order valence-corrected chi connectivity index (χ4v) is 4.34. The molecule has 36 heavy (non-hydrogen) atoms. The molecule has 0 saturated heterocycles. The molecule has 6 nitrogen and oxygen atoms in total. The van der Waals surface area contributed by atoms with E-state index in [0.717, 1.165) is 24.1 Å². The third-order valence-electron chi connectivity index (χ3n) is 6.29. The topological polar surface area (TPSA) is 91.9 Å². The normalized spacial score (nSPS) is 13.1. The zero-order valence-corrected chi connectivity index (χ0v) is 19.6. The van der Waals surface area contributed by atoms with Crippen molar-refractivity contribution in [1.82, 2.24) is 0 Å². The van der Waals surface area contributed by atoms with Gasteiger partial charge in [0.05, 0.1) is 6.61 Å². The van der Waals surface area contributed by atoms with E-state index in [2.05, 4.69) is 5.32 Å². The van der Waals surface area contributed by atoms with E-state index in [0.29, 0.717) is 45.9 Å². The summed E-state index contributed by atoms with van der Waals surface area (Å²) in [6.07, 6.45) is 2.02. The van der Waals surface area contributed by atoms with Crippen LogP contribution in [0.15, 0.2) is 59.0 Å². The Kier molecular flexibility index (Phi) is 6.51. The first-order valence-electron chi connectivity index (χ1n) is 11.8. The summed E-state index contributed by atoms with van der Waals surface area (Å²) in [4.78, 5) is 12.9. The lowest BCUT2D eigenvalue weighted by Gasteiger charge is -2.13. The number of esters is 1. The third-order valence-corrected chi connectivity index (χ3v) is 6.29. The van der Waals surface area contributed by atoms with Gasteiger partial charge in [-0.3, -0.25) is 0 Å². The number of benzene rings is 3. The molecule has 1 aliphatic carbocycles. The van der Waals surface area contributed by atoms with Crippen molar-refractivity contribution in [3.8, 4) is 11.3 Å². The highest BCUT2D eigenvalue weighted by Gasteiger charge is 2.30. The number of anilines is 1. The monoisotopic (exact) mass is 491 g/mol. The van der Waals surface area contributed by atoms with Crippen LogP contribution in [-0.2, 0) is 11.3 Å². The van der Waals surface area contributed by atoms with Gasteiger partial charge in [0.2, 0.25) is 0 Å². The van der Waals surface area contributed by atoms with Gasteiger partial charge in [0.1, 0.15) is 28.5 Å². The van der Waals surface area contributed by atoms with E-state index in [1.807, 2.05) is 12.1 Å². The minimum atomic E-state index is -1.88. The van der Waals surface area contributed by atoms with E-state index in [4.69, 9.17) is 9.15 Å². The summed E-state index contributed by atoms with van der Waals surface area (Å²) < 4.78 is 39.1. The van der Waals surface area contributed by atoms with Crippen molar-refractivity contribution in [2.24, 2.45) is 0 Å². The van der Waals surface area contributed by atoms with Crippen LogP contribution < -0.4 is 10.8 Å². The maximum Gasteiger partial charge on any atom is 0.491 e. The summed E-state index contributed by atoms with van der Waals surface area (Å²) in [5.41, 5.74) is 3.57. The molecule has 5 rings (SSSR count). The minimum Gasteiger partial charge on any atom is -0.462 e. The van der Waals surface area contributed by atoms with E-state index >= 15 is 0 Å². The van der Waals surface area contributed by atoms with Crippen molar-refractivity contribution in [3.05, 3.63) is 82.9 Å². The predicted molar refractivity (Wildman–Crippen MR) is 133 cm³/mol. The maximum atomic E-state index is 14.2. The summed E-state index contributed by atoms with van der Waals surface area (Å²) in [7, 11) is -1.88. The van der Waals surface area contributed by atoms with E-state index in [1.54, 1.807) is 25.1 Å². The quantitative estimate of drug-likeness (QED) is 0.244. The average Bonchev–Trinajstić information content (AvgIpc) is 3.63. The lowest BCUT2D eigenvalue weighted by molar-refractivity contribution is 0.0528. The van der Waals surface area contributed by atoms with Crippen LogP contribution in [0.25, 0.3) is 22.3 Å². The van der Waals surface area contributed by atoms with Crippen LogP contribution in [0.4, 0.5) is 14.5 Å². The first kappa shape index (κ1) is 24.0. The first-order chi connectivity index (χ1) is 17.4. The zero-order chi connectivity index (χ0) is 25.4. The first-order valence-corrected chi connectivity index (χ1v) is 11.8. The molecule has 0 spiro atoms. The van der Waals surface area contributed by atoms with Gasteiger partial charge in [-0.25, -0.2) is 13.6 Å². The Balaban J connectivity index is 1.55. The van der Waals surface area contributed by atoms with E-state index in [9.17, 15) is 23.6 Å². The van der Waals surface area contributed by atoms with Gasteiger partial charge in [-0.1, -0.05) is 12.1 Å². The van der Waals surface area contributed by atoms with E-state index in [-0.39, 0.29) is 12.1 Å². The fraction of sp³-hybridized carbons (Fsp3) is 0.222. The Labute approximate surface area is 206 Å². The lowest BCUT2D eigenvalue weighted by atomic mass is 9.79. The molecule has 0 bridgehead atoms. The van der Waals surface area contributed by atoms with Crippen molar-refractivity contribution in [1.29, 1.82) is 0 Å². The van der Waals surface area contributed by atoms with Gasteiger partial charge in [0.25, 0.3) is 0 Å². The Morgan fingerprint density at radius 1 is 1.11 bits per heavy atom. The van der Waals surface area contributed by atoms with Crippen molar-refractivity contribution in [2.75, 3.05) is 11.9 Å². The highest BCUT2D eigenvalue weighted by atomic mass is 19.1. The van der Waals surface area contributed by atoms with Crippen molar-refractivity contribution in [2.45, 2.75) is 32.2 Å². The van der Waals surface area contributed by atoms with Crippen LogP contribution in [-0.4, -0.2) is 29.7 Å². The second kappa shape index (κ2) is 9.75. The number of hydrogen-bond acceptors (Lipinski definition) is 6. The number of carbonyl (C=O) groups excluding carboxylic acids is 1. The van der Waals surface area contributed by atoms with Gasteiger partial charge in [-0.2, -0.15) is 0 Å². The van der Waals surface area contributed by atoms with Gasteiger partial charge in [0.15, 0.2) is 0 Å². The van der Waals surface area contributed by atoms with Crippen LogP contribution in [0.1, 0.15) is 47.2 Å².